The maximum atomic E-state index is 12.8. The van der Waals surface area contributed by atoms with Crippen LogP contribution >= 0.6 is 22.9 Å². The normalized spacial score (nSPS) is 13.0. The van der Waals surface area contributed by atoms with E-state index in [-0.39, 0.29) is 5.91 Å². The van der Waals surface area contributed by atoms with E-state index >= 15 is 0 Å². The molecule has 0 atom stereocenters. The number of halogens is 1. The van der Waals surface area contributed by atoms with E-state index in [0.717, 1.165) is 39.3 Å². The largest absolute Gasteiger partial charge is 0.486 e. The smallest absolute Gasteiger partial charge is 0.261 e. The number of aromatic nitrogens is 2. The molecule has 0 unspecified atom stereocenters. The zero-order valence-corrected chi connectivity index (χ0v) is 18.2. The molecule has 0 saturated carbocycles. The summed E-state index contributed by atoms with van der Waals surface area (Å²) in [4.78, 5) is 23.4. The van der Waals surface area contributed by atoms with Crippen LogP contribution in [0.1, 0.15) is 39.2 Å². The fourth-order valence-corrected chi connectivity index (χ4v) is 4.93. The van der Waals surface area contributed by atoms with Gasteiger partial charge in [0.05, 0.1) is 9.90 Å². The predicted octanol–water partition coefficient (Wildman–Crippen LogP) is 4.27. The molecule has 1 aliphatic rings. The molecule has 4 rings (SSSR count). The van der Waals surface area contributed by atoms with Crippen LogP contribution < -0.4 is 14.8 Å². The SMILES string of the molecule is CCc1nc(C)c2c(C)c(C(=O)NCCc3cc(Cl)c4c(c3)OCCO4)sc2n1. The van der Waals surface area contributed by atoms with E-state index in [2.05, 4.69) is 15.3 Å². The number of hydrogen-bond acceptors (Lipinski definition) is 6. The van der Waals surface area contributed by atoms with Crippen molar-refractivity contribution in [3.8, 4) is 11.5 Å². The van der Waals surface area contributed by atoms with Crippen molar-refractivity contribution in [3.05, 3.63) is 44.7 Å². The Balaban J connectivity index is 1.47. The molecule has 2 aromatic heterocycles. The number of thiophene rings is 1. The first kappa shape index (κ1) is 19.9. The number of ether oxygens (including phenoxy) is 2. The molecule has 6 nitrogen and oxygen atoms in total. The van der Waals surface area contributed by atoms with Gasteiger partial charge in [0.1, 0.15) is 23.9 Å². The Morgan fingerprint density at radius 2 is 2.03 bits per heavy atom. The van der Waals surface area contributed by atoms with Crippen LogP contribution in [0.4, 0.5) is 0 Å². The van der Waals surface area contributed by atoms with Gasteiger partial charge in [-0.15, -0.1) is 11.3 Å². The molecule has 8 heteroatoms. The molecule has 0 fully saturated rings. The summed E-state index contributed by atoms with van der Waals surface area (Å²) in [6, 6.07) is 3.78. The molecule has 0 spiro atoms. The van der Waals surface area contributed by atoms with Gasteiger partial charge in [0.2, 0.25) is 0 Å². The van der Waals surface area contributed by atoms with Crippen LogP contribution in [0, 0.1) is 13.8 Å². The second-order valence-corrected chi connectivity index (χ2v) is 8.33. The van der Waals surface area contributed by atoms with Crippen molar-refractivity contribution < 1.29 is 14.3 Å². The molecule has 0 aliphatic carbocycles. The van der Waals surface area contributed by atoms with Crippen molar-refractivity contribution in [1.82, 2.24) is 15.3 Å². The molecule has 1 N–H and O–H groups in total. The second-order valence-electron chi connectivity index (χ2n) is 6.92. The van der Waals surface area contributed by atoms with Crippen molar-refractivity contribution in [3.63, 3.8) is 0 Å². The monoisotopic (exact) mass is 431 g/mol. The summed E-state index contributed by atoms with van der Waals surface area (Å²) in [5.74, 6) is 1.96. The van der Waals surface area contributed by atoms with Gasteiger partial charge in [-0.2, -0.15) is 0 Å². The molecule has 0 radical (unpaired) electrons. The third-order valence-corrected chi connectivity index (χ3v) is 6.36. The maximum absolute atomic E-state index is 12.8. The van der Waals surface area contributed by atoms with E-state index < -0.39 is 0 Å². The Kier molecular flexibility index (Phi) is 5.61. The molecule has 1 amide bonds. The Hall–Kier alpha value is -2.38. The summed E-state index contributed by atoms with van der Waals surface area (Å²) in [7, 11) is 0. The molecular weight excluding hydrogens is 410 g/mol. The number of hydrogen-bond donors (Lipinski definition) is 1. The highest BCUT2D eigenvalue weighted by atomic mass is 35.5. The van der Waals surface area contributed by atoms with Gasteiger partial charge in [-0.1, -0.05) is 18.5 Å². The Morgan fingerprint density at radius 1 is 1.24 bits per heavy atom. The number of carbonyl (C=O) groups excluding carboxylic acids is 1. The standard InChI is InChI=1S/C21H22ClN3O3S/c1-4-16-24-12(3)17-11(2)19(29-21(17)25-16)20(26)23-6-5-13-9-14(22)18-15(10-13)27-7-8-28-18/h9-10H,4-8H2,1-3H3,(H,23,26). The summed E-state index contributed by atoms with van der Waals surface area (Å²) in [5.41, 5.74) is 2.84. The van der Waals surface area contributed by atoms with E-state index in [0.29, 0.717) is 47.6 Å². The van der Waals surface area contributed by atoms with Crippen LogP contribution in [0.25, 0.3) is 10.2 Å². The average molecular weight is 432 g/mol. The molecule has 3 heterocycles. The van der Waals surface area contributed by atoms with Gasteiger partial charge in [-0.25, -0.2) is 9.97 Å². The third kappa shape index (κ3) is 3.89. The van der Waals surface area contributed by atoms with Gasteiger partial charge >= 0.3 is 0 Å². The zero-order valence-electron chi connectivity index (χ0n) is 16.6. The summed E-state index contributed by atoms with van der Waals surface area (Å²) < 4.78 is 11.2. The Morgan fingerprint density at radius 3 is 2.83 bits per heavy atom. The van der Waals surface area contributed by atoms with Crippen LogP contribution in [0.15, 0.2) is 12.1 Å². The highest BCUT2D eigenvalue weighted by Gasteiger charge is 2.20. The van der Waals surface area contributed by atoms with E-state index in [1.165, 1.54) is 11.3 Å². The lowest BCUT2D eigenvalue weighted by Crippen LogP contribution is -2.25. The maximum Gasteiger partial charge on any atom is 0.261 e. The number of carbonyl (C=O) groups is 1. The predicted molar refractivity (Wildman–Crippen MR) is 115 cm³/mol. The van der Waals surface area contributed by atoms with Gasteiger partial charge < -0.3 is 14.8 Å². The topological polar surface area (TPSA) is 73.3 Å². The van der Waals surface area contributed by atoms with Gasteiger partial charge in [0.25, 0.3) is 5.91 Å². The van der Waals surface area contributed by atoms with E-state index in [1.54, 1.807) is 0 Å². The molecule has 1 aliphatic heterocycles. The van der Waals surface area contributed by atoms with Gasteiger partial charge in [-0.05, 0) is 43.5 Å². The first-order valence-electron chi connectivity index (χ1n) is 9.60. The van der Waals surface area contributed by atoms with Crippen LogP contribution in [0.2, 0.25) is 5.02 Å². The number of benzene rings is 1. The Bertz CT molecular complexity index is 1100. The minimum atomic E-state index is -0.0911. The molecule has 0 saturated heterocycles. The lowest BCUT2D eigenvalue weighted by molar-refractivity contribution is 0.0957. The van der Waals surface area contributed by atoms with E-state index in [9.17, 15) is 4.79 Å². The lowest BCUT2D eigenvalue weighted by atomic mass is 10.1. The Labute approximate surface area is 178 Å². The number of nitrogens with one attached hydrogen (secondary N) is 1. The van der Waals surface area contributed by atoms with Crippen LogP contribution in [-0.2, 0) is 12.8 Å². The van der Waals surface area contributed by atoms with Crippen LogP contribution in [0.3, 0.4) is 0 Å². The van der Waals surface area contributed by atoms with E-state index in [1.807, 2.05) is 32.9 Å². The first-order valence-corrected chi connectivity index (χ1v) is 10.8. The molecule has 0 bridgehead atoms. The van der Waals surface area contributed by atoms with Crippen molar-refractivity contribution >= 4 is 39.1 Å². The fraction of sp³-hybridized carbons (Fsp3) is 0.381. The highest BCUT2D eigenvalue weighted by Crippen LogP contribution is 2.38. The number of amides is 1. The zero-order chi connectivity index (χ0) is 20.5. The quantitative estimate of drug-likeness (QED) is 0.653. The highest BCUT2D eigenvalue weighted by molar-refractivity contribution is 7.20. The number of fused-ring (bicyclic) bond motifs is 2. The molecule has 152 valence electrons. The van der Waals surface area contributed by atoms with Crippen molar-refractivity contribution in [2.24, 2.45) is 0 Å². The third-order valence-electron chi connectivity index (χ3n) is 4.90. The summed E-state index contributed by atoms with van der Waals surface area (Å²) in [5, 5.41) is 4.52. The van der Waals surface area contributed by atoms with Crippen molar-refractivity contribution in [2.75, 3.05) is 19.8 Å². The fourth-order valence-electron chi connectivity index (χ4n) is 3.48. The number of rotatable bonds is 5. The minimum absolute atomic E-state index is 0.0911. The first-order chi connectivity index (χ1) is 14.0. The lowest BCUT2D eigenvalue weighted by Gasteiger charge is -2.20. The van der Waals surface area contributed by atoms with Crippen molar-refractivity contribution in [2.45, 2.75) is 33.6 Å². The van der Waals surface area contributed by atoms with Gasteiger partial charge in [-0.3, -0.25) is 4.79 Å². The van der Waals surface area contributed by atoms with Crippen molar-refractivity contribution in [1.29, 1.82) is 0 Å². The van der Waals surface area contributed by atoms with Gasteiger partial charge in [0, 0.05) is 24.0 Å². The van der Waals surface area contributed by atoms with Gasteiger partial charge in [0.15, 0.2) is 11.5 Å². The molecule has 3 aromatic rings. The van der Waals surface area contributed by atoms with Crippen LogP contribution in [0.5, 0.6) is 11.5 Å². The number of nitrogens with zero attached hydrogens (tertiary/aromatic N) is 2. The molecule has 1 aromatic carbocycles. The van der Waals surface area contributed by atoms with E-state index in [4.69, 9.17) is 21.1 Å². The summed E-state index contributed by atoms with van der Waals surface area (Å²) in [6.07, 6.45) is 1.41. The minimum Gasteiger partial charge on any atom is -0.486 e. The second kappa shape index (κ2) is 8.16. The van der Waals surface area contributed by atoms with Crippen LogP contribution in [-0.4, -0.2) is 35.6 Å². The summed E-state index contributed by atoms with van der Waals surface area (Å²) >= 11 is 7.71. The summed E-state index contributed by atoms with van der Waals surface area (Å²) in [6.45, 7) is 7.45. The number of aryl methyl sites for hydroxylation is 3. The molecular formula is C21H22ClN3O3S. The average Bonchev–Trinajstić information content (AvgIpc) is 3.05. The molecule has 29 heavy (non-hydrogen) atoms.